The molecule has 0 saturated carbocycles. The minimum atomic E-state index is -0.852. The molecule has 4 heteroatoms. The molecule has 0 rings (SSSR count). The van der Waals surface area contributed by atoms with E-state index in [4.69, 9.17) is 5.11 Å². The van der Waals surface area contributed by atoms with Gasteiger partial charge in [-0.15, -0.1) is 0 Å². The third kappa shape index (κ3) is 3.74. The molecule has 0 fully saturated rings. The van der Waals surface area contributed by atoms with Crippen LogP contribution in [0.15, 0.2) is 0 Å². The van der Waals surface area contributed by atoms with Gasteiger partial charge in [0.15, 0.2) is 0 Å². The Labute approximate surface area is 65.2 Å². The summed E-state index contributed by atoms with van der Waals surface area (Å²) in [5.41, 5.74) is 0. The number of nitrogens with one attached hydrogen (secondary N) is 1. The Hall–Kier alpha value is -0.220. The van der Waals surface area contributed by atoms with Gasteiger partial charge < -0.3 is 10.4 Å². The van der Waals surface area contributed by atoms with E-state index in [2.05, 4.69) is 5.32 Å². The molecule has 60 valence electrons. The van der Waals surface area contributed by atoms with E-state index in [1.54, 1.807) is 0 Å². The molecular weight excluding hydrogens is 150 g/mol. The first kappa shape index (κ1) is 9.78. The van der Waals surface area contributed by atoms with Crippen molar-refractivity contribution in [3.63, 3.8) is 0 Å². The van der Waals surface area contributed by atoms with E-state index in [0.717, 1.165) is 0 Å². The fourth-order valence-corrected chi connectivity index (χ4v) is 0.993. The Balaban J connectivity index is 3.49. The topological polar surface area (TPSA) is 49.3 Å². The molecule has 0 aromatic heterocycles. The molecular formula is C6H13NO2S. The number of aliphatic hydroxyl groups is 1. The van der Waals surface area contributed by atoms with Crippen LogP contribution in [0.25, 0.3) is 0 Å². The van der Waals surface area contributed by atoms with E-state index in [0.29, 0.717) is 12.3 Å². The second kappa shape index (κ2) is 5.56. The molecule has 1 amide bonds. The number of amides is 1. The summed E-state index contributed by atoms with van der Waals surface area (Å²) in [6.07, 6.45) is 0.998. The lowest BCUT2D eigenvalue weighted by molar-refractivity contribution is -0.128. The van der Waals surface area contributed by atoms with Gasteiger partial charge in [0.2, 0.25) is 5.91 Å². The van der Waals surface area contributed by atoms with Crippen LogP contribution in [0.2, 0.25) is 0 Å². The lowest BCUT2D eigenvalue weighted by Gasteiger charge is -2.07. The SMILES string of the molecule is CCNC(=O)C(O)CSC. The van der Waals surface area contributed by atoms with Gasteiger partial charge in [0.25, 0.3) is 0 Å². The van der Waals surface area contributed by atoms with E-state index in [1.165, 1.54) is 11.8 Å². The third-order valence-corrected chi connectivity index (χ3v) is 1.63. The quantitative estimate of drug-likeness (QED) is 0.606. The maximum absolute atomic E-state index is 10.8. The standard InChI is InChI=1S/C6H13NO2S/c1-3-7-6(9)5(8)4-10-2/h5,8H,3-4H2,1-2H3,(H,7,9). The number of aliphatic hydroxyl groups excluding tert-OH is 1. The zero-order valence-electron chi connectivity index (χ0n) is 6.26. The van der Waals surface area contributed by atoms with E-state index >= 15 is 0 Å². The van der Waals surface area contributed by atoms with Crippen molar-refractivity contribution in [1.82, 2.24) is 5.32 Å². The van der Waals surface area contributed by atoms with Crippen LogP contribution >= 0.6 is 11.8 Å². The highest BCUT2D eigenvalue weighted by Gasteiger charge is 2.11. The number of carbonyl (C=O) groups excluding carboxylic acids is 1. The molecule has 0 aliphatic carbocycles. The fraction of sp³-hybridized carbons (Fsp3) is 0.833. The highest BCUT2D eigenvalue weighted by Crippen LogP contribution is 1.95. The number of rotatable bonds is 4. The van der Waals surface area contributed by atoms with Crippen molar-refractivity contribution in [3.8, 4) is 0 Å². The van der Waals surface area contributed by atoms with Crippen molar-refractivity contribution >= 4 is 17.7 Å². The summed E-state index contributed by atoms with van der Waals surface area (Å²) in [4.78, 5) is 10.8. The smallest absolute Gasteiger partial charge is 0.249 e. The molecule has 0 heterocycles. The molecule has 0 aliphatic rings. The third-order valence-electron chi connectivity index (χ3n) is 0.978. The van der Waals surface area contributed by atoms with E-state index in [9.17, 15) is 4.79 Å². The summed E-state index contributed by atoms with van der Waals surface area (Å²) < 4.78 is 0. The van der Waals surface area contributed by atoms with Crippen LogP contribution in [-0.2, 0) is 4.79 Å². The average molecular weight is 163 g/mol. The second-order valence-electron chi connectivity index (χ2n) is 1.87. The molecule has 0 bridgehead atoms. The Bertz CT molecular complexity index is 108. The predicted molar refractivity (Wildman–Crippen MR) is 43.1 cm³/mol. The van der Waals surface area contributed by atoms with Gasteiger partial charge in [-0.3, -0.25) is 4.79 Å². The molecule has 0 aromatic rings. The number of thioether (sulfide) groups is 1. The van der Waals surface area contributed by atoms with Gasteiger partial charge >= 0.3 is 0 Å². The molecule has 10 heavy (non-hydrogen) atoms. The largest absolute Gasteiger partial charge is 0.382 e. The van der Waals surface area contributed by atoms with Gasteiger partial charge in [-0.25, -0.2) is 0 Å². The Morgan fingerprint density at radius 2 is 2.40 bits per heavy atom. The predicted octanol–water partition coefficient (Wildman–Crippen LogP) is -0.154. The van der Waals surface area contributed by atoms with E-state index < -0.39 is 6.10 Å². The maximum Gasteiger partial charge on any atom is 0.249 e. The molecule has 1 unspecified atom stereocenters. The number of carbonyl (C=O) groups is 1. The lowest BCUT2D eigenvalue weighted by Crippen LogP contribution is -2.35. The number of likely N-dealkylation sites (N-methyl/N-ethyl adjacent to an activating group) is 1. The highest BCUT2D eigenvalue weighted by molar-refractivity contribution is 7.98. The summed E-state index contributed by atoms with van der Waals surface area (Å²) in [6.45, 7) is 2.40. The van der Waals surface area contributed by atoms with Crippen LogP contribution in [0.5, 0.6) is 0 Å². The van der Waals surface area contributed by atoms with Crippen molar-refractivity contribution in [2.24, 2.45) is 0 Å². The van der Waals surface area contributed by atoms with Crippen molar-refractivity contribution in [3.05, 3.63) is 0 Å². The molecule has 0 aliphatic heterocycles. The normalized spacial score (nSPS) is 12.7. The minimum absolute atomic E-state index is 0.281. The van der Waals surface area contributed by atoms with Crippen LogP contribution in [0.4, 0.5) is 0 Å². The van der Waals surface area contributed by atoms with Crippen molar-refractivity contribution in [1.29, 1.82) is 0 Å². The summed E-state index contributed by atoms with van der Waals surface area (Å²) in [6, 6.07) is 0. The highest BCUT2D eigenvalue weighted by atomic mass is 32.2. The summed E-state index contributed by atoms with van der Waals surface area (Å²) >= 11 is 1.45. The molecule has 0 saturated heterocycles. The minimum Gasteiger partial charge on any atom is -0.382 e. The number of hydrogen-bond acceptors (Lipinski definition) is 3. The van der Waals surface area contributed by atoms with Gasteiger partial charge in [0.05, 0.1) is 0 Å². The Morgan fingerprint density at radius 3 is 2.80 bits per heavy atom. The summed E-state index contributed by atoms with van der Waals surface area (Å²) in [5.74, 6) is 0.183. The van der Waals surface area contributed by atoms with E-state index in [-0.39, 0.29) is 5.91 Å². The van der Waals surface area contributed by atoms with Gasteiger partial charge in [-0.2, -0.15) is 11.8 Å². The fourth-order valence-electron chi connectivity index (χ4n) is 0.526. The zero-order chi connectivity index (χ0) is 7.98. The first-order valence-corrected chi connectivity index (χ1v) is 4.56. The maximum atomic E-state index is 10.8. The van der Waals surface area contributed by atoms with Crippen LogP contribution < -0.4 is 5.32 Å². The van der Waals surface area contributed by atoms with Gasteiger partial charge in [0.1, 0.15) is 6.10 Å². The lowest BCUT2D eigenvalue weighted by atomic mass is 10.4. The van der Waals surface area contributed by atoms with Gasteiger partial charge in [0, 0.05) is 12.3 Å². The van der Waals surface area contributed by atoms with Gasteiger partial charge in [-0.1, -0.05) is 0 Å². The molecule has 0 aromatic carbocycles. The Kier molecular flexibility index (Phi) is 5.43. The Morgan fingerprint density at radius 1 is 1.80 bits per heavy atom. The van der Waals surface area contributed by atoms with Crippen LogP contribution in [-0.4, -0.2) is 35.7 Å². The van der Waals surface area contributed by atoms with Crippen molar-refractivity contribution < 1.29 is 9.90 Å². The van der Waals surface area contributed by atoms with Crippen molar-refractivity contribution in [2.45, 2.75) is 13.0 Å². The van der Waals surface area contributed by atoms with Crippen LogP contribution in [0.1, 0.15) is 6.92 Å². The number of hydrogen-bond donors (Lipinski definition) is 2. The van der Waals surface area contributed by atoms with Crippen molar-refractivity contribution in [2.75, 3.05) is 18.6 Å². The molecule has 2 N–H and O–H groups in total. The first-order chi connectivity index (χ1) is 4.72. The monoisotopic (exact) mass is 163 g/mol. The summed E-state index contributed by atoms with van der Waals surface area (Å²) in [5, 5.41) is 11.5. The average Bonchev–Trinajstić information content (AvgIpc) is 1.89. The van der Waals surface area contributed by atoms with Crippen LogP contribution in [0.3, 0.4) is 0 Å². The van der Waals surface area contributed by atoms with Crippen LogP contribution in [0, 0.1) is 0 Å². The molecule has 0 radical (unpaired) electrons. The first-order valence-electron chi connectivity index (χ1n) is 3.17. The zero-order valence-corrected chi connectivity index (χ0v) is 7.07. The van der Waals surface area contributed by atoms with Gasteiger partial charge in [-0.05, 0) is 13.2 Å². The second-order valence-corrected chi connectivity index (χ2v) is 2.78. The molecule has 1 atom stereocenters. The molecule has 3 nitrogen and oxygen atoms in total. The van der Waals surface area contributed by atoms with E-state index in [1.807, 2.05) is 13.2 Å². The molecule has 0 spiro atoms. The summed E-state index contributed by atoms with van der Waals surface area (Å²) in [7, 11) is 0.